The minimum absolute atomic E-state index is 0.132. The van der Waals surface area contributed by atoms with Gasteiger partial charge in [-0.3, -0.25) is 9.69 Å². The number of piperidine rings is 2. The summed E-state index contributed by atoms with van der Waals surface area (Å²) in [6.45, 7) is 4.36. The second-order valence-corrected chi connectivity index (χ2v) is 10.0. The highest BCUT2D eigenvalue weighted by Crippen LogP contribution is 2.30. The van der Waals surface area contributed by atoms with E-state index in [1.54, 1.807) is 7.11 Å². The molecule has 2 saturated heterocycles. The highest BCUT2D eigenvalue weighted by molar-refractivity contribution is 6.32. The number of carbonyl (C=O) groups excluding carboxylic acids is 1. The van der Waals surface area contributed by atoms with Gasteiger partial charge in [-0.05, 0) is 74.7 Å². The Morgan fingerprint density at radius 1 is 1.17 bits per heavy atom. The Hall–Kier alpha value is -2.62. The monoisotopic (exact) mass is 494 g/mol. The number of amides is 1. The zero-order chi connectivity index (χ0) is 24.2. The van der Waals surface area contributed by atoms with Crippen molar-refractivity contribution in [1.29, 1.82) is 0 Å². The maximum Gasteiger partial charge on any atom is 0.395 e. The van der Waals surface area contributed by atoms with E-state index in [9.17, 15) is 4.79 Å². The van der Waals surface area contributed by atoms with Crippen LogP contribution in [0.4, 0.5) is 5.82 Å². The number of halogens is 1. The highest BCUT2D eigenvalue weighted by atomic mass is 35.5. The van der Waals surface area contributed by atoms with E-state index < -0.39 is 0 Å². The molecular weight excluding hydrogens is 463 g/mol. The molecule has 0 bridgehead atoms. The molecule has 2 aliphatic heterocycles. The van der Waals surface area contributed by atoms with E-state index in [0.29, 0.717) is 24.5 Å². The molecule has 0 radical (unpaired) electrons. The number of fused-ring (bicyclic) bond motifs is 1. The van der Waals surface area contributed by atoms with Crippen LogP contribution in [0.15, 0.2) is 36.5 Å². The van der Waals surface area contributed by atoms with E-state index in [1.165, 1.54) is 5.56 Å². The van der Waals surface area contributed by atoms with Gasteiger partial charge in [-0.2, -0.15) is 0 Å². The first kappa shape index (κ1) is 24.1. The van der Waals surface area contributed by atoms with Gasteiger partial charge in [-0.1, -0.05) is 11.6 Å². The van der Waals surface area contributed by atoms with Crippen LogP contribution in [0.2, 0.25) is 5.02 Å². The van der Waals surface area contributed by atoms with Crippen LogP contribution < -0.4 is 5.23 Å². The zero-order valence-electron chi connectivity index (χ0n) is 20.2. The average molecular weight is 495 g/mol. The van der Waals surface area contributed by atoms with E-state index in [0.717, 1.165) is 81.1 Å². The summed E-state index contributed by atoms with van der Waals surface area (Å²) in [7, 11) is 2.09. The molecule has 10 heteroatoms. The number of imidazole rings is 1. The Kier molecular flexibility index (Phi) is 7.56. The second-order valence-electron chi connectivity index (χ2n) is 9.59. The Morgan fingerprint density at radius 2 is 1.97 bits per heavy atom. The number of rotatable bonds is 7. The maximum absolute atomic E-state index is 13.2. The van der Waals surface area contributed by atoms with Crippen molar-refractivity contribution in [3.05, 3.63) is 52.9 Å². The van der Waals surface area contributed by atoms with Crippen LogP contribution in [0, 0.1) is 5.92 Å². The van der Waals surface area contributed by atoms with Crippen molar-refractivity contribution in [2.75, 3.05) is 38.5 Å². The van der Waals surface area contributed by atoms with E-state index in [2.05, 4.69) is 37.1 Å². The number of H-pyrrole nitrogens is 1. The summed E-state index contributed by atoms with van der Waals surface area (Å²) >= 11 is 6.11. The molecule has 1 amide bonds. The van der Waals surface area contributed by atoms with Gasteiger partial charge in [-0.15, -0.1) is 0 Å². The summed E-state index contributed by atoms with van der Waals surface area (Å²) in [6.07, 6.45) is 5.55. The molecule has 4 heterocycles. The van der Waals surface area contributed by atoms with Crippen LogP contribution in [0.3, 0.4) is 0 Å². The Balaban J connectivity index is 1.09. The molecule has 0 spiro atoms. The van der Waals surface area contributed by atoms with Crippen molar-refractivity contribution >= 4 is 42.0 Å². The fraction of sp³-hybridized carbons (Fsp3) is 0.480. The third kappa shape index (κ3) is 5.79. The lowest BCUT2D eigenvalue weighted by molar-refractivity contribution is -0.138. The fourth-order valence-electron chi connectivity index (χ4n) is 5.24. The Labute approximate surface area is 211 Å². The molecular formula is C25H32BClN6O2. The van der Waals surface area contributed by atoms with Crippen molar-refractivity contribution in [1.82, 2.24) is 24.8 Å². The van der Waals surface area contributed by atoms with Gasteiger partial charge < -0.3 is 19.8 Å². The molecule has 8 nitrogen and oxygen atoms in total. The van der Waals surface area contributed by atoms with Crippen LogP contribution in [-0.2, 0) is 16.0 Å². The number of nitrogens with zero attached hydrogens (tertiary/aromatic N) is 4. The number of nitrogens with one attached hydrogen (secondary N) is 2. The van der Waals surface area contributed by atoms with Gasteiger partial charge in [0.2, 0.25) is 5.91 Å². The van der Waals surface area contributed by atoms with Crippen LogP contribution in [0.1, 0.15) is 43.0 Å². The van der Waals surface area contributed by atoms with Gasteiger partial charge in [0.1, 0.15) is 11.6 Å². The quantitative estimate of drug-likeness (QED) is 0.489. The lowest BCUT2D eigenvalue weighted by Gasteiger charge is -2.37. The molecule has 0 saturated carbocycles. The number of anilines is 1. The zero-order valence-corrected chi connectivity index (χ0v) is 20.9. The summed E-state index contributed by atoms with van der Waals surface area (Å²) < 4.78 is 5.06. The number of benzene rings is 1. The van der Waals surface area contributed by atoms with Gasteiger partial charge in [0.15, 0.2) is 0 Å². The first-order valence-electron chi connectivity index (χ1n) is 12.4. The molecule has 184 valence electrons. The van der Waals surface area contributed by atoms with E-state index in [4.69, 9.17) is 21.2 Å². The number of hydrogen-bond donors (Lipinski definition) is 2. The summed E-state index contributed by atoms with van der Waals surface area (Å²) in [5.41, 5.74) is 3.15. The topological polar surface area (TPSA) is 86.4 Å². The molecule has 2 N–H and O–H groups in total. The van der Waals surface area contributed by atoms with E-state index in [1.807, 2.05) is 24.4 Å². The highest BCUT2D eigenvalue weighted by Gasteiger charge is 2.32. The number of likely N-dealkylation sites (tertiary alicyclic amines) is 2. The Bertz CT molecular complexity index is 1160. The first-order chi connectivity index (χ1) is 17.1. The van der Waals surface area contributed by atoms with Gasteiger partial charge in [0, 0.05) is 49.8 Å². The number of hydrogen-bond acceptors (Lipinski definition) is 6. The third-order valence-electron chi connectivity index (χ3n) is 7.22. The Morgan fingerprint density at radius 3 is 2.74 bits per heavy atom. The van der Waals surface area contributed by atoms with Crippen molar-refractivity contribution in [2.24, 2.45) is 5.92 Å². The molecule has 0 unspecified atom stereocenters. The second kappa shape index (κ2) is 11.0. The van der Waals surface area contributed by atoms with Crippen LogP contribution in [-0.4, -0.2) is 71.6 Å². The van der Waals surface area contributed by atoms with Crippen molar-refractivity contribution in [3.8, 4) is 0 Å². The summed E-state index contributed by atoms with van der Waals surface area (Å²) in [4.78, 5) is 30.3. The standard InChI is InChI=1S/C25H32BClN6O2/c1-35-26-31-23-14-17(4-9-28-23)16-32-10-5-19(6-11-32)25(34)33-12-7-18(8-13-33)24-29-21-3-2-20(27)15-22(21)30-24/h2-4,9,14-15,18-19,26H,5-8,10-13,16H2,1H3,(H,28,31)(H,29,30). The van der Waals surface area contributed by atoms with Crippen LogP contribution in [0.25, 0.3) is 11.0 Å². The summed E-state index contributed by atoms with van der Waals surface area (Å²) in [5, 5.41) is 3.85. The van der Waals surface area contributed by atoms with E-state index >= 15 is 0 Å². The van der Waals surface area contributed by atoms with Crippen LogP contribution in [0.5, 0.6) is 0 Å². The molecule has 2 aliphatic rings. The number of aromatic amines is 1. The lowest BCUT2D eigenvalue weighted by atomic mass is 9.91. The van der Waals surface area contributed by atoms with E-state index in [-0.39, 0.29) is 5.92 Å². The van der Waals surface area contributed by atoms with Gasteiger partial charge in [0.25, 0.3) is 0 Å². The predicted molar refractivity (Wildman–Crippen MR) is 140 cm³/mol. The summed E-state index contributed by atoms with van der Waals surface area (Å²) in [6, 6.07) is 9.86. The molecule has 35 heavy (non-hydrogen) atoms. The largest absolute Gasteiger partial charge is 0.422 e. The summed E-state index contributed by atoms with van der Waals surface area (Å²) in [5.74, 6) is 2.65. The predicted octanol–water partition coefficient (Wildman–Crippen LogP) is 3.55. The van der Waals surface area contributed by atoms with Crippen molar-refractivity contribution in [2.45, 2.75) is 38.1 Å². The van der Waals surface area contributed by atoms with Crippen molar-refractivity contribution in [3.63, 3.8) is 0 Å². The van der Waals surface area contributed by atoms with Gasteiger partial charge >= 0.3 is 7.62 Å². The molecule has 0 atom stereocenters. The smallest absolute Gasteiger partial charge is 0.395 e. The lowest BCUT2D eigenvalue weighted by Crippen LogP contribution is -2.45. The minimum atomic E-state index is 0.132. The van der Waals surface area contributed by atoms with Gasteiger partial charge in [-0.25, -0.2) is 9.97 Å². The molecule has 5 rings (SSSR count). The molecule has 0 aliphatic carbocycles. The van der Waals surface area contributed by atoms with Crippen molar-refractivity contribution < 1.29 is 9.45 Å². The maximum atomic E-state index is 13.2. The molecule has 1 aromatic carbocycles. The number of aromatic nitrogens is 3. The third-order valence-corrected chi connectivity index (χ3v) is 7.46. The average Bonchev–Trinajstić information content (AvgIpc) is 3.31. The van der Waals surface area contributed by atoms with Crippen LogP contribution >= 0.6 is 11.6 Å². The normalized spacial score (nSPS) is 18.2. The number of carbonyl (C=O) groups is 1. The SMILES string of the molecule is COBNc1cc(CN2CCC(C(=O)N3CCC(c4nc5ccc(Cl)cc5[nH]4)CC3)CC2)ccn1. The molecule has 3 aromatic rings. The van der Waals surface area contributed by atoms with Gasteiger partial charge in [0.05, 0.1) is 11.0 Å². The molecule has 2 aromatic heterocycles. The minimum Gasteiger partial charge on any atom is -0.422 e. The fourth-order valence-corrected chi connectivity index (χ4v) is 5.41. The number of pyridine rings is 1. The first-order valence-corrected chi connectivity index (χ1v) is 12.8. The molecule has 2 fully saturated rings.